The van der Waals surface area contributed by atoms with E-state index in [-0.39, 0.29) is 0 Å². The molecule has 0 aliphatic rings. The van der Waals surface area contributed by atoms with E-state index in [0.717, 1.165) is 0 Å². The Balaban J connectivity index is 2.27. The normalized spacial score (nSPS) is 11.2. The quantitative estimate of drug-likeness (QED) is 0.537. The minimum absolute atomic E-state index is 1.35. The summed E-state index contributed by atoms with van der Waals surface area (Å²) in [5.74, 6) is 0. The number of hydrogen-bond donors (Lipinski definition) is 0. The molecule has 0 aliphatic carbocycles. The van der Waals surface area contributed by atoms with Crippen LogP contribution in [-0.4, -0.2) is 19.6 Å². The Bertz CT molecular complexity index is 799. The fraction of sp³-hybridized carbons (Fsp3) is 0.250. The van der Waals surface area contributed by atoms with Gasteiger partial charge in [0.2, 0.25) is 0 Å². The first-order valence-electron chi connectivity index (χ1n) is 8.83. The molecule has 128 valence electrons. The van der Waals surface area contributed by atoms with Crippen molar-refractivity contribution in [2.24, 2.45) is 0 Å². The molecule has 3 aromatic carbocycles. The summed E-state index contributed by atoms with van der Waals surface area (Å²) in [5, 5.41) is 0. The van der Waals surface area contributed by atoms with E-state index >= 15 is 0 Å². The van der Waals surface area contributed by atoms with Gasteiger partial charge in [-0.3, -0.25) is 0 Å². The van der Waals surface area contributed by atoms with Crippen molar-refractivity contribution in [3.05, 3.63) is 88.0 Å². The number of aryl methyl sites for hydroxylation is 6. The van der Waals surface area contributed by atoms with Gasteiger partial charge in [-0.05, 0) is 0 Å². The van der Waals surface area contributed by atoms with Crippen LogP contribution in [0.25, 0.3) is 0 Å². The Morgan fingerprint density at radius 1 is 0.440 bits per heavy atom. The molecule has 0 fully saturated rings. The van der Waals surface area contributed by atoms with Crippen molar-refractivity contribution < 1.29 is 0 Å². The van der Waals surface area contributed by atoms with Crippen LogP contribution in [0.1, 0.15) is 33.4 Å². The predicted molar refractivity (Wildman–Crippen MR) is 112 cm³/mol. The van der Waals surface area contributed by atoms with Crippen LogP contribution in [0.5, 0.6) is 0 Å². The molecule has 0 unspecified atom stereocenters. The summed E-state index contributed by atoms with van der Waals surface area (Å²) in [7, 11) is 0. The molecule has 0 atom stereocenters. The zero-order valence-corrected chi connectivity index (χ0v) is 18.4. The van der Waals surface area contributed by atoms with Gasteiger partial charge in [0.05, 0.1) is 0 Å². The average molecular weight is 443 g/mol. The van der Waals surface area contributed by atoms with Gasteiger partial charge in [0.15, 0.2) is 0 Å². The van der Waals surface area contributed by atoms with E-state index in [0.29, 0.717) is 0 Å². The van der Waals surface area contributed by atoms with Crippen LogP contribution in [0, 0.1) is 41.5 Å². The van der Waals surface area contributed by atoms with Gasteiger partial charge in [-0.2, -0.15) is 0 Å². The fourth-order valence-corrected chi connectivity index (χ4v) is 10.5. The maximum absolute atomic E-state index is 2.39. The Morgan fingerprint density at radius 2 is 0.720 bits per heavy atom. The molecule has 0 radical (unpaired) electrons. The van der Waals surface area contributed by atoms with Crippen LogP contribution in [0.3, 0.4) is 0 Å². The third kappa shape index (κ3) is 3.84. The van der Waals surface area contributed by atoms with Gasteiger partial charge in [0.1, 0.15) is 0 Å². The minimum atomic E-state index is -1.88. The SMILES string of the molecule is Cc1ccc([Te+](c2ccc(C)cc2C)c2ccc(C)cc2C)c(C)c1. The zero-order valence-electron chi connectivity index (χ0n) is 16.1. The average Bonchev–Trinajstić information content (AvgIpc) is 2.52. The summed E-state index contributed by atoms with van der Waals surface area (Å²) >= 11 is -1.88. The monoisotopic (exact) mass is 445 g/mol. The maximum atomic E-state index is 2.39. The topological polar surface area (TPSA) is 0 Å². The van der Waals surface area contributed by atoms with E-state index in [2.05, 4.69) is 96.1 Å². The molecule has 0 saturated carbocycles. The molecule has 1 heteroatoms. The summed E-state index contributed by atoms with van der Waals surface area (Å²) in [6.45, 7) is 13.4. The van der Waals surface area contributed by atoms with E-state index in [1.807, 2.05) is 0 Å². The van der Waals surface area contributed by atoms with Crippen LogP contribution in [0.2, 0.25) is 0 Å². The molecule has 3 aromatic rings. The molecule has 25 heavy (non-hydrogen) atoms. The number of benzene rings is 3. The third-order valence-corrected chi connectivity index (χ3v) is 12.3. The Labute approximate surface area is 159 Å². The summed E-state index contributed by atoms with van der Waals surface area (Å²) in [5.41, 5.74) is 8.37. The van der Waals surface area contributed by atoms with Gasteiger partial charge in [-0.1, -0.05) is 0 Å². The van der Waals surface area contributed by atoms with Gasteiger partial charge >= 0.3 is 160 Å². The first kappa shape index (κ1) is 18.2. The van der Waals surface area contributed by atoms with Crippen molar-refractivity contribution in [3.63, 3.8) is 0 Å². The molecule has 0 aromatic heterocycles. The molecule has 0 heterocycles. The Kier molecular flexibility index (Phi) is 5.38. The second-order valence-electron chi connectivity index (χ2n) is 7.11. The van der Waals surface area contributed by atoms with Gasteiger partial charge in [-0.15, -0.1) is 0 Å². The molecule has 0 amide bonds. The van der Waals surface area contributed by atoms with E-state index < -0.39 is 19.6 Å². The Morgan fingerprint density at radius 3 is 0.960 bits per heavy atom. The second-order valence-corrected chi connectivity index (χ2v) is 12.6. The zero-order chi connectivity index (χ0) is 18.1. The summed E-state index contributed by atoms with van der Waals surface area (Å²) in [6.07, 6.45) is 0. The summed E-state index contributed by atoms with van der Waals surface area (Å²) in [4.78, 5) is 0. The van der Waals surface area contributed by atoms with Gasteiger partial charge in [0, 0.05) is 0 Å². The molecule has 0 saturated heterocycles. The van der Waals surface area contributed by atoms with Crippen molar-refractivity contribution in [2.75, 3.05) is 0 Å². The van der Waals surface area contributed by atoms with E-state index in [4.69, 9.17) is 0 Å². The first-order valence-corrected chi connectivity index (χ1v) is 12.3. The van der Waals surface area contributed by atoms with Crippen molar-refractivity contribution in [1.29, 1.82) is 0 Å². The second kappa shape index (κ2) is 7.36. The van der Waals surface area contributed by atoms with Crippen LogP contribution in [0.4, 0.5) is 0 Å². The van der Waals surface area contributed by atoms with Crippen LogP contribution >= 0.6 is 0 Å². The molecule has 3 rings (SSSR count). The van der Waals surface area contributed by atoms with Gasteiger partial charge in [-0.25, -0.2) is 0 Å². The Hall–Kier alpha value is -1.55. The van der Waals surface area contributed by atoms with E-state index in [1.165, 1.54) is 33.4 Å². The first-order chi connectivity index (χ1) is 11.9. The molecule has 0 bridgehead atoms. The third-order valence-electron chi connectivity index (χ3n) is 4.65. The molecule has 0 N–H and O–H groups in total. The van der Waals surface area contributed by atoms with E-state index in [1.54, 1.807) is 10.8 Å². The summed E-state index contributed by atoms with van der Waals surface area (Å²) in [6, 6.07) is 21.0. The van der Waals surface area contributed by atoms with Gasteiger partial charge < -0.3 is 0 Å². The van der Waals surface area contributed by atoms with Crippen molar-refractivity contribution >= 4 is 30.4 Å². The van der Waals surface area contributed by atoms with Crippen molar-refractivity contribution in [3.8, 4) is 0 Å². The van der Waals surface area contributed by atoms with Gasteiger partial charge in [0.25, 0.3) is 0 Å². The molecular weight excluding hydrogens is 416 g/mol. The standard InChI is InChI=1S/C24H27Te/c1-16-7-10-22(19(4)13-16)25(23-11-8-17(2)14-20(23)5)24-12-9-18(3)15-21(24)6/h7-15H,1-6H3/q+1. The predicted octanol–water partition coefficient (Wildman–Crippen LogP) is 4.05. The number of hydrogen-bond acceptors (Lipinski definition) is 0. The van der Waals surface area contributed by atoms with Crippen molar-refractivity contribution in [2.45, 2.75) is 41.5 Å². The summed E-state index contributed by atoms with van der Waals surface area (Å²) < 4.78 is 4.73. The van der Waals surface area contributed by atoms with E-state index in [9.17, 15) is 0 Å². The molecule has 0 nitrogen and oxygen atoms in total. The number of rotatable bonds is 3. The molecule has 0 aliphatic heterocycles. The molecule has 0 spiro atoms. The fourth-order valence-electron chi connectivity index (χ4n) is 3.44. The van der Waals surface area contributed by atoms with Crippen LogP contribution in [-0.2, 0) is 0 Å². The van der Waals surface area contributed by atoms with Crippen LogP contribution < -0.4 is 10.8 Å². The van der Waals surface area contributed by atoms with Crippen molar-refractivity contribution in [1.82, 2.24) is 0 Å². The molecular formula is C24H27Te+. The van der Waals surface area contributed by atoms with Crippen LogP contribution in [0.15, 0.2) is 54.6 Å².